The van der Waals surface area contributed by atoms with Crippen LogP contribution in [0.15, 0.2) is 10.5 Å². The summed E-state index contributed by atoms with van der Waals surface area (Å²) in [5.41, 5.74) is 1.29. The summed E-state index contributed by atoms with van der Waals surface area (Å²) in [6, 6.07) is 2.76. The van der Waals surface area contributed by atoms with Gasteiger partial charge in [0.25, 0.3) is 0 Å². The van der Waals surface area contributed by atoms with Gasteiger partial charge in [0.2, 0.25) is 0 Å². The average molecular weight is 248 g/mol. The molecule has 0 unspecified atom stereocenters. The number of piperazine rings is 1. The monoisotopic (exact) mass is 248 g/mol. The molecule has 0 aromatic carbocycles. The van der Waals surface area contributed by atoms with Gasteiger partial charge in [-0.3, -0.25) is 4.90 Å². The third kappa shape index (κ3) is 2.62. The third-order valence-electron chi connectivity index (χ3n) is 4.36. The van der Waals surface area contributed by atoms with Crippen LogP contribution in [0.3, 0.4) is 0 Å². The van der Waals surface area contributed by atoms with Gasteiger partial charge in [-0.05, 0) is 37.8 Å². The molecule has 1 aliphatic heterocycles. The highest BCUT2D eigenvalue weighted by Crippen LogP contribution is 2.40. The molecule has 3 rings (SSSR count). The largest absolute Gasteiger partial charge is 0.464 e. The molecule has 2 heterocycles. The van der Waals surface area contributed by atoms with Crippen LogP contribution in [0.4, 0.5) is 0 Å². The summed E-state index contributed by atoms with van der Waals surface area (Å²) >= 11 is 0. The highest BCUT2D eigenvalue weighted by molar-refractivity contribution is 5.21. The molecule has 1 aromatic heterocycles. The Kier molecular flexibility index (Phi) is 3.44. The van der Waals surface area contributed by atoms with E-state index < -0.39 is 0 Å². The van der Waals surface area contributed by atoms with Gasteiger partial charge in [0.05, 0.1) is 6.04 Å². The van der Waals surface area contributed by atoms with Crippen molar-refractivity contribution in [3.8, 4) is 0 Å². The molecule has 1 atom stereocenters. The Morgan fingerprint density at radius 1 is 1.33 bits per heavy atom. The first kappa shape index (κ1) is 12.2. The molecule has 0 spiro atoms. The van der Waals surface area contributed by atoms with Crippen LogP contribution in [0.5, 0.6) is 0 Å². The Labute approximate surface area is 110 Å². The highest BCUT2D eigenvalue weighted by Gasteiger charge is 2.32. The van der Waals surface area contributed by atoms with Crippen LogP contribution in [-0.2, 0) is 0 Å². The minimum absolute atomic E-state index is 0.506. The van der Waals surface area contributed by atoms with Crippen molar-refractivity contribution in [2.45, 2.75) is 39.2 Å². The standard InChI is InChI=1S/C15H24N2O/c1-11-9-15(18-12(11)2)14(10-13-3-4-13)17-7-5-16-6-8-17/h9,13-14,16H,3-8,10H2,1-2H3/t14-/m1/s1. The van der Waals surface area contributed by atoms with Gasteiger partial charge in [-0.2, -0.15) is 0 Å². The molecule has 100 valence electrons. The van der Waals surface area contributed by atoms with E-state index >= 15 is 0 Å². The molecule has 1 N–H and O–H groups in total. The molecule has 3 nitrogen and oxygen atoms in total. The molecule has 0 bridgehead atoms. The van der Waals surface area contributed by atoms with E-state index in [1.165, 1.54) is 30.6 Å². The quantitative estimate of drug-likeness (QED) is 0.888. The van der Waals surface area contributed by atoms with Crippen LogP contribution in [-0.4, -0.2) is 31.1 Å². The van der Waals surface area contributed by atoms with Crippen molar-refractivity contribution in [3.05, 3.63) is 23.2 Å². The Balaban J connectivity index is 1.78. The van der Waals surface area contributed by atoms with Gasteiger partial charge in [0.15, 0.2) is 0 Å². The molecular formula is C15H24N2O. The van der Waals surface area contributed by atoms with Crippen molar-refractivity contribution in [2.75, 3.05) is 26.2 Å². The number of nitrogens with zero attached hydrogens (tertiary/aromatic N) is 1. The maximum Gasteiger partial charge on any atom is 0.121 e. The van der Waals surface area contributed by atoms with E-state index in [4.69, 9.17) is 4.42 Å². The van der Waals surface area contributed by atoms with E-state index in [-0.39, 0.29) is 0 Å². The topological polar surface area (TPSA) is 28.4 Å². The molecule has 2 aliphatic rings. The van der Waals surface area contributed by atoms with E-state index in [0.717, 1.165) is 37.9 Å². The molecule has 1 aliphatic carbocycles. The van der Waals surface area contributed by atoms with Crippen LogP contribution >= 0.6 is 0 Å². The van der Waals surface area contributed by atoms with Crippen LogP contribution in [0, 0.1) is 19.8 Å². The minimum Gasteiger partial charge on any atom is -0.464 e. The van der Waals surface area contributed by atoms with Crippen molar-refractivity contribution in [3.63, 3.8) is 0 Å². The molecule has 1 aromatic rings. The molecule has 1 saturated carbocycles. The summed E-state index contributed by atoms with van der Waals surface area (Å²) in [4.78, 5) is 2.60. The molecular weight excluding hydrogens is 224 g/mol. The Morgan fingerprint density at radius 3 is 2.61 bits per heavy atom. The van der Waals surface area contributed by atoms with E-state index in [1.54, 1.807) is 0 Å². The number of hydrogen-bond acceptors (Lipinski definition) is 3. The van der Waals surface area contributed by atoms with Crippen LogP contribution in [0.2, 0.25) is 0 Å². The lowest BCUT2D eigenvalue weighted by atomic mass is 10.0. The lowest BCUT2D eigenvalue weighted by Crippen LogP contribution is -2.45. The summed E-state index contributed by atoms with van der Waals surface area (Å²) in [5, 5.41) is 3.43. The van der Waals surface area contributed by atoms with Crippen molar-refractivity contribution in [1.82, 2.24) is 10.2 Å². The lowest BCUT2D eigenvalue weighted by Gasteiger charge is -2.34. The van der Waals surface area contributed by atoms with Crippen molar-refractivity contribution < 1.29 is 4.42 Å². The van der Waals surface area contributed by atoms with Gasteiger partial charge in [-0.1, -0.05) is 12.8 Å². The summed E-state index contributed by atoms with van der Waals surface area (Å²) in [6.45, 7) is 8.74. The first-order valence-corrected chi connectivity index (χ1v) is 7.26. The van der Waals surface area contributed by atoms with E-state index in [1.807, 2.05) is 0 Å². The molecule has 3 heteroatoms. The maximum atomic E-state index is 6.00. The van der Waals surface area contributed by atoms with E-state index in [0.29, 0.717) is 6.04 Å². The zero-order valence-electron chi connectivity index (χ0n) is 11.5. The number of hydrogen-bond donors (Lipinski definition) is 1. The predicted octanol–water partition coefficient (Wildman–Crippen LogP) is 2.64. The Morgan fingerprint density at radius 2 is 2.06 bits per heavy atom. The number of nitrogens with one attached hydrogen (secondary N) is 1. The van der Waals surface area contributed by atoms with Gasteiger partial charge in [-0.15, -0.1) is 0 Å². The first-order valence-electron chi connectivity index (χ1n) is 7.26. The molecule has 0 radical (unpaired) electrons. The fourth-order valence-corrected chi connectivity index (χ4v) is 2.87. The number of furan rings is 1. The van der Waals surface area contributed by atoms with Gasteiger partial charge in [0.1, 0.15) is 11.5 Å². The Bertz CT molecular complexity index is 383. The van der Waals surface area contributed by atoms with Gasteiger partial charge in [0, 0.05) is 26.2 Å². The second-order valence-electron chi connectivity index (χ2n) is 5.87. The van der Waals surface area contributed by atoms with Crippen molar-refractivity contribution in [1.29, 1.82) is 0 Å². The predicted molar refractivity (Wildman–Crippen MR) is 72.7 cm³/mol. The molecule has 1 saturated heterocycles. The number of rotatable bonds is 4. The lowest BCUT2D eigenvalue weighted by molar-refractivity contribution is 0.141. The second kappa shape index (κ2) is 5.06. The highest BCUT2D eigenvalue weighted by atomic mass is 16.3. The molecule has 2 fully saturated rings. The smallest absolute Gasteiger partial charge is 0.121 e. The number of aryl methyl sites for hydroxylation is 2. The maximum absolute atomic E-state index is 6.00. The Hall–Kier alpha value is -0.800. The molecule has 18 heavy (non-hydrogen) atoms. The first-order chi connectivity index (χ1) is 8.74. The third-order valence-corrected chi connectivity index (χ3v) is 4.36. The van der Waals surface area contributed by atoms with Crippen molar-refractivity contribution >= 4 is 0 Å². The van der Waals surface area contributed by atoms with Gasteiger partial charge in [-0.25, -0.2) is 0 Å². The van der Waals surface area contributed by atoms with Crippen LogP contribution in [0.25, 0.3) is 0 Å². The van der Waals surface area contributed by atoms with Gasteiger partial charge >= 0.3 is 0 Å². The SMILES string of the molecule is Cc1cc([C@@H](CC2CC2)N2CCNCC2)oc1C. The van der Waals surface area contributed by atoms with E-state index in [2.05, 4.69) is 30.1 Å². The van der Waals surface area contributed by atoms with Crippen LogP contribution in [0.1, 0.15) is 42.4 Å². The van der Waals surface area contributed by atoms with Crippen molar-refractivity contribution in [2.24, 2.45) is 5.92 Å². The minimum atomic E-state index is 0.506. The molecule has 0 amide bonds. The second-order valence-corrected chi connectivity index (χ2v) is 5.87. The zero-order chi connectivity index (χ0) is 12.5. The van der Waals surface area contributed by atoms with Crippen LogP contribution < -0.4 is 5.32 Å². The summed E-state index contributed by atoms with van der Waals surface area (Å²) in [7, 11) is 0. The summed E-state index contributed by atoms with van der Waals surface area (Å²) in [6.07, 6.45) is 4.12. The zero-order valence-corrected chi connectivity index (χ0v) is 11.5. The normalized spacial score (nSPS) is 23.2. The van der Waals surface area contributed by atoms with Gasteiger partial charge < -0.3 is 9.73 Å². The average Bonchev–Trinajstić information content (AvgIpc) is 3.14. The summed E-state index contributed by atoms with van der Waals surface area (Å²) in [5.74, 6) is 3.22. The van der Waals surface area contributed by atoms with E-state index in [9.17, 15) is 0 Å². The fourth-order valence-electron chi connectivity index (χ4n) is 2.87. The fraction of sp³-hybridized carbons (Fsp3) is 0.733. The summed E-state index contributed by atoms with van der Waals surface area (Å²) < 4.78 is 6.00.